The third-order valence-electron chi connectivity index (χ3n) is 3.80. The minimum Gasteiger partial charge on any atom is -0.305 e. The van der Waals surface area contributed by atoms with Crippen LogP contribution in [0.4, 0.5) is 0 Å². The van der Waals surface area contributed by atoms with E-state index in [9.17, 15) is 5.26 Å². The topological polar surface area (TPSA) is 27.0 Å². The molecule has 1 unspecified atom stereocenters. The molecule has 1 atom stereocenters. The second-order valence-electron chi connectivity index (χ2n) is 5.08. The van der Waals surface area contributed by atoms with Gasteiger partial charge in [-0.15, -0.1) is 23.7 Å². The normalized spacial score (nSPS) is 18.5. The predicted molar refractivity (Wildman–Crippen MR) is 85.8 cm³/mol. The summed E-state index contributed by atoms with van der Waals surface area (Å²) in [5.74, 6) is 0.399. The highest BCUT2D eigenvalue weighted by atomic mass is 35.5. The Hall–Kier alpha value is -1.34. The first kappa shape index (κ1) is 15.1. The third kappa shape index (κ3) is 2.73. The summed E-state index contributed by atoms with van der Waals surface area (Å²) in [4.78, 5) is 3.75. The Balaban J connectivity index is 0.00000147. The molecule has 0 aliphatic carbocycles. The molecular weight excluding hydrogens is 288 g/mol. The second-order valence-corrected chi connectivity index (χ2v) is 5.99. The molecule has 1 aliphatic rings. The number of nitriles is 1. The number of rotatable bonds is 1. The number of hydrogen-bond acceptors (Lipinski definition) is 3. The molecule has 2 aromatic rings. The van der Waals surface area contributed by atoms with Crippen LogP contribution in [0.15, 0.2) is 35.7 Å². The highest BCUT2D eigenvalue weighted by Gasteiger charge is 2.26. The van der Waals surface area contributed by atoms with Gasteiger partial charge in [0.25, 0.3) is 0 Å². The largest absolute Gasteiger partial charge is 0.305 e. The lowest BCUT2D eigenvalue weighted by Crippen LogP contribution is -2.24. The van der Waals surface area contributed by atoms with Gasteiger partial charge < -0.3 is 4.90 Å². The first-order valence-corrected chi connectivity index (χ1v) is 7.41. The van der Waals surface area contributed by atoms with Gasteiger partial charge in [-0.2, -0.15) is 5.26 Å². The van der Waals surface area contributed by atoms with Crippen LogP contribution in [0.3, 0.4) is 0 Å². The lowest BCUT2D eigenvalue weighted by Gasteiger charge is -2.20. The van der Waals surface area contributed by atoms with Gasteiger partial charge in [0.05, 0.1) is 5.56 Å². The third-order valence-corrected chi connectivity index (χ3v) is 4.94. The van der Waals surface area contributed by atoms with Crippen molar-refractivity contribution in [1.82, 2.24) is 4.90 Å². The lowest BCUT2D eigenvalue weighted by molar-refractivity contribution is 0.338. The number of nitrogens with zero attached hydrogens (tertiary/aromatic N) is 2. The molecule has 0 radical (unpaired) electrons. The molecule has 0 amide bonds. The van der Waals surface area contributed by atoms with Crippen LogP contribution in [0.1, 0.15) is 27.5 Å². The van der Waals surface area contributed by atoms with Gasteiger partial charge >= 0.3 is 0 Å². The van der Waals surface area contributed by atoms with Crippen LogP contribution in [0, 0.1) is 11.3 Å². The number of fused-ring (bicyclic) bond motifs is 1. The van der Waals surface area contributed by atoms with Crippen molar-refractivity contribution in [1.29, 1.82) is 5.26 Å². The second kappa shape index (κ2) is 6.41. The molecule has 2 heterocycles. The average Bonchev–Trinajstić information content (AvgIpc) is 2.78. The van der Waals surface area contributed by atoms with Crippen LogP contribution in [0.25, 0.3) is 0 Å². The maximum Gasteiger partial charge on any atom is 0.100 e. The van der Waals surface area contributed by atoms with Gasteiger partial charge in [-0.3, -0.25) is 0 Å². The first-order chi connectivity index (χ1) is 9.29. The van der Waals surface area contributed by atoms with Gasteiger partial charge in [-0.05, 0) is 24.6 Å². The van der Waals surface area contributed by atoms with Crippen LogP contribution in [-0.4, -0.2) is 25.0 Å². The predicted octanol–water partition coefficient (Wildman–Crippen LogP) is 3.66. The standard InChI is InChI=1S/C16H16N2S.ClH/c1-18-8-7-14-13(9-17)11-19-16(14)15(10-18)12-5-3-2-4-6-12;/h2-6,11,15H,7-8,10H2,1H3;1H. The van der Waals surface area contributed by atoms with E-state index in [4.69, 9.17) is 0 Å². The summed E-state index contributed by atoms with van der Waals surface area (Å²) < 4.78 is 0. The fraction of sp³-hybridized carbons (Fsp3) is 0.312. The van der Waals surface area contributed by atoms with Crippen molar-refractivity contribution < 1.29 is 0 Å². The van der Waals surface area contributed by atoms with Crippen molar-refractivity contribution in [2.24, 2.45) is 0 Å². The molecule has 0 N–H and O–H groups in total. The van der Waals surface area contributed by atoms with Crippen molar-refractivity contribution in [2.75, 3.05) is 20.1 Å². The molecular formula is C16H17ClN2S. The Kier molecular flexibility index (Phi) is 4.82. The van der Waals surface area contributed by atoms with Crippen LogP contribution in [0.2, 0.25) is 0 Å². The summed E-state index contributed by atoms with van der Waals surface area (Å²) in [6, 6.07) is 13.0. The van der Waals surface area contributed by atoms with Crippen molar-refractivity contribution in [3.63, 3.8) is 0 Å². The minimum atomic E-state index is 0. The summed E-state index contributed by atoms with van der Waals surface area (Å²) >= 11 is 1.75. The molecule has 4 heteroatoms. The van der Waals surface area contributed by atoms with Crippen LogP contribution in [0.5, 0.6) is 0 Å². The molecule has 20 heavy (non-hydrogen) atoms. The van der Waals surface area contributed by atoms with E-state index in [1.807, 2.05) is 5.38 Å². The van der Waals surface area contributed by atoms with E-state index >= 15 is 0 Å². The molecule has 0 saturated carbocycles. The van der Waals surface area contributed by atoms with Crippen LogP contribution < -0.4 is 0 Å². The maximum absolute atomic E-state index is 9.24. The molecule has 1 aromatic carbocycles. The average molecular weight is 305 g/mol. The zero-order chi connectivity index (χ0) is 13.2. The smallest absolute Gasteiger partial charge is 0.100 e. The lowest BCUT2D eigenvalue weighted by atomic mass is 9.94. The Morgan fingerprint density at radius 1 is 1.30 bits per heavy atom. The summed E-state index contributed by atoms with van der Waals surface area (Å²) in [5, 5.41) is 11.3. The molecule has 0 fully saturated rings. The van der Waals surface area contributed by atoms with Gasteiger partial charge in [0.1, 0.15) is 6.07 Å². The van der Waals surface area contributed by atoms with E-state index in [1.54, 1.807) is 11.3 Å². The highest BCUT2D eigenvalue weighted by Crippen LogP contribution is 2.36. The number of halogens is 1. The molecule has 1 aliphatic heterocycles. The van der Waals surface area contributed by atoms with E-state index in [0.717, 1.165) is 25.1 Å². The minimum absolute atomic E-state index is 0. The zero-order valence-electron chi connectivity index (χ0n) is 11.4. The molecule has 0 spiro atoms. The monoisotopic (exact) mass is 304 g/mol. The van der Waals surface area contributed by atoms with E-state index in [-0.39, 0.29) is 12.4 Å². The SMILES string of the molecule is CN1CCc2c(C#N)csc2C(c2ccccc2)C1.Cl. The summed E-state index contributed by atoms with van der Waals surface area (Å²) in [7, 11) is 2.17. The van der Waals surface area contributed by atoms with E-state index < -0.39 is 0 Å². The molecule has 3 rings (SSSR count). The van der Waals surface area contributed by atoms with E-state index in [2.05, 4.69) is 48.3 Å². The number of benzene rings is 1. The Morgan fingerprint density at radius 3 is 2.75 bits per heavy atom. The Labute approximate surface area is 130 Å². The summed E-state index contributed by atoms with van der Waals surface area (Å²) in [6.45, 7) is 2.06. The van der Waals surface area contributed by atoms with Crippen LogP contribution in [-0.2, 0) is 6.42 Å². The number of thiophene rings is 1. The number of likely N-dealkylation sites (N-methyl/N-ethyl adjacent to an activating group) is 1. The van der Waals surface area contributed by atoms with Crippen molar-refractivity contribution in [2.45, 2.75) is 12.3 Å². The Morgan fingerprint density at radius 2 is 2.05 bits per heavy atom. The van der Waals surface area contributed by atoms with Crippen LogP contribution >= 0.6 is 23.7 Å². The van der Waals surface area contributed by atoms with Gasteiger partial charge in [-0.1, -0.05) is 30.3 Å². The van der Waals surface area contributed by atoms with E-state index in [0.29, 0.717) is 5.92 Å². The first-order valence-electron chi connectivity index (χ1n) is 6.53. The quantitative estimate of drug-likeness (QED) is 0.804. The van der Waals surface area contributed by atoms with Gasteiger partial charge in [0.2, 0.25) is 0 Å². The highest BCUT2D eigenvalue weighted by molar-refractivity contribution is 7.10. The summed E-state index contributed by atoms with van der Waals surface area (Å²) in [6.07, 6.45) is 0.988. The van der Waals surface area contributed by atoms with Gasteiger partial charge in [0.15, 0.2) is 0 Å². The number of hydrogen-bond donors (Lipinski definition) is 0. The Bertz CT molecular complexity index is 615. The van der Waals surface area contributed by atoms with Gasteiger partial charge in [0, 0.05) is 29.3 Å². The molecule has 1 aromatic heterocycles. The molecule has 0 saturated heterocycles. The van der Waals surface area contributed by atoms with Crippen molar-refractivity contribution in [3.05, 3.63) is 57.3 Å². The summed E-state index contributed by atoms with van der Waals surface area (Å²) in [5.41, 5.74) is 3.49. The molecule has 104 valence electrons. The van der Waals surface area contributed by atoms with Crippen molar-refractivity contribution >= 4 is 23.7 Å². The fourth-order valence-electron chi connectivity index (χ4n) is 2.77. The van der Waals surface area contributed by atoms with Gasteiger partial charge in [-0.25, -0.2) is 0 Å². The molecule has 0 bridgehead atoms. The van der Waals surface area contributed by atoms with Crippen molar-refractivity contribution in [3.8, 4) is 6.07 Å². The zero-order valence-corrected chi connectivity index (χ0v) is 13.0. The van der Waals surface area contributed by atoms with E-state index in [1.165, 1.54) is 16.0 Å². The fourth-order valence-corrected chi connectivity index (χ4v) is 3.94. The molecule has 2 nitrogen and oxygen atoms in total. The maximum atomic E-state index is 9.24.